The highest BCUT2D eigenvalue weighted by Gasteiger charge is 2.08. The maximum absolute atomic E-state index is 11.0. The molecule has 68 valence electrons. The zero-order valence-corrected chi connectivity index (χ0v) is 8.17. The minimum absolute atomic E-state index is 0.257. The Morgan fingerprint density at radius 3 is 2.33 bits per heavy atom. The van der Waals surface area contributed by atoms with Crippen LogP contribution in [0.5, 0.6) is 0 Å². The lowest BCUT2D eigenvalue weighted by Gasteiger charge is -1.98. The van der Waals surface area contributed by atoms with Gasteiger partial charge in [0, 0.05) is 6.20 Å². The molecule has 1 aromatic heterocycles. The van der Waals surface area contributed by atoms with Gasteiger partial charge in [-0.05, 0) is 12.0 Å². The van der Waals surface area contributed by atoms with Gasteiger partial charge in [-0.3, -0.25) is 0 Å². The smallest absolute Gasteiger partial charge is 0.205 e. The van der Waals surface area contributed by atoms with E-state index < -0.39 is 10.0 Å². The second-order valence-corrected chi connectivity index (χ2v) is 4.87. The van der Waals surface area contributed by atoms with E-state index in [0.29, 0.717) is 0 Å². The molecule has 0 unspecified atom stereocenters. The lowest BCUT2D eigenvalue weighted by molar-refractivity contribution is 0.584. The first kappa shape index (κ1) is 9.25. The lowest BCUT2D eigenvalue weighted by atomic mass is 10.1. The van der Waals surface area contributed by atoms with E-state index in [1.807, 2.05) is 13.8 Å². The van der Waals surface area contributed by atoms with E-state index in [1.165, 1.54) is 6.20 Å². The predicted octanol–water partition coefficient (Wildman–Crippen LogP) is 0.814. The van der Waals surface area contributed by atoms with Gasteiger partial charge in [-0.15, -0.1) is 0 Å². The lowest BCUT2D eigenvalue weighted by Crippen LogP contribution is -2.10. The van der Waals surface area contributed by atoms with E-state index >= 15 is 0 Å². The fraction of sp³-hybridized carbons (Fsp3) is 0.571. The van der Waals surface area contributed by atoms with Crippen LogP contribution in [0.2, 0.25) is 0 Å². The fourth-order valence-corrected chi connectivity index (χ4v) is 1.34. The van der Waals surface area contributed by atoms with Crippen molar-refractivity contribution in [3.8, 4) is 0 Å². The Morgan fingerprint density at radius 1 is 1.50 bits per heavy atom. The first-order valence-electron chi connectivity index (χ1n) is 3.67. The molecule has 1 aromatic rings. The maximum Gasteiger partial charge on any atom is 0.250 e. The van der Waals surface area contributed by atoms with Gasteiger partial charge in [-0.1, -0.05) is 13.8 Å². The van der Waals surface area contributed by atoms with Gasteiger partial charge in [0.15, 0.2) is 0 Å². The Labute approximate surface area is 72.3 Å². The monoisotopic (exact) mass is 188 g/mol. The van der Waals surface area contributed by atoms with Crippen molar-refractivity contribution in [3.63, 3.8) is 0 Å². The number of aromatic nitrogens is 2. The molecule has 0 fully saturated rings. The molecule has 4 nitrogen and oxygen atoms in total. The Kier molecular flexibility index (Phi) is 2.23. The average Bonchev–Trinajstić information content (AvgIpc) is 2.30. The molecule has 12 heavy (non-hydrogen) atoms. The minimum atomic E-state index is -3.21. The number of hydrogen-bond donors (Lipinski definition) is 0. The molecule has 0 aromatic carbocycles. The first-order chi connectivity index (χ1) is 5.41. The van der Waals surface area contributed by atoms with Crippen molar-refractivity contribution in [2.24, 2.45) is 0 Å². The molecule has 0 saturated carbocycles. The van der Waals surface area contributed by atoms with Crippen LogP contribution in [0.4, 0.5) is 0 Å². The quantitative estimate of drug-likeness (QED) is 0.690. The molecule has 0 amide bonds. The van der Waals surface area contributed by atoms with Gasteiger partial charge in [0.1, 0.15) is 0 Å². The second-order valence-electron chi connectivity index (χ2n) is 3.03. The molecule has 1 rings (SSSR count). The third-order valence-electron chi connectivity index (χ3n) is 1.52. The van der Waals surface area contributed by atoms with E-state index in [-0.39, 0.29) is 5.92 Å². The first-order valence-corrected chi connectivity index (χ1v) is 5.52. The van der Waals surface area contributed by atoms with Crippen LogP contribution in [0.15, 0.2) is 12.3 Å². The number of nitrogens with zero attached hydrogens (tertiary/aromatic N) is 2. The van der Waals surface area contributed by atoms with Crippen LogP contribution in [-0.2, 0) is 10.0 Å². The summed E-state index contributed by atoms with van der Waals surface area (Å²) in [4.78, 5) is 0. The Balaban J connectivity index is 3.09. The summed E-state index contributed by atoms with van der Waals surface area (Å²) in [6, 6.07) is 1.71. The fourth-order valence-electron chi connectivity index (χ4n) is 0.813. The summed E-state index contributed by atoms with van der Waals surface area (Å²) in [5, 5.41) is 3.91. The normalized spacial score (nSPS) is 12.3. The van der Waals surface area contributed by atoms with Gasteiger partial charge in [0.25, 0.3) is 10.0 Å². The molecule has 5 heteroatoms. The standard InChI is InChI=1S/C7H12N2O2S/c1-6(2)7-4-5-9(8-7)12(3,10)11/h4-6H,1-3H3. The van der Waals surface area contributed by atoms with Crippen molar-refractivity contribution < 1.29 is 8.42 Å². The molecule has 0 aliphatic carbocycles. The largest absolute Gasteiger partial charge is 0.250 e. The van der Waals surface area contributed by atoms with Crippen molar-refractivity contribution in [2.45, 2.75) is 19.8 Å². The van der Waals surface area contributed by atoms with Crippen LogP contribution < -0.4 is 0 Å². The molecular weight excluding hydrogens is 176 g/mol. The van der Waals surface area contributed by atoms with Crippen molar-refractivity contribution in [3.05, 3.63) is 18.0 Å². The Hall–Kier alpha value is -0.840. The summed E-state index contributed by atoms with van der Waals surface area (Å²) < 4.78 is 22.9. The zero-order chi connectivity index (χ0) is 9.35. The third kappa shape index (κ3) is 1.85. The average molecular weight is 188 g/mol. The van der Waals surface area contributed by atoms with E-state index in [2.05, 4.69) is 5.10 Å². The van der Waals surface area contributed by atoms with Crippen molar-refractivity contribution >= 4 is 10.0 Å². The van der Waals surface area contributed by atoms with Gasteiger partial charge in [-0.2, -0.15) is 9.19 Å². The van der Waals surface area contributed by atoms with Crippen LogP contribution >= 0.6 is 0 Å². The Bertz CT molecular complexity index is 365. The number of rotatable bonds is 2. The van der Waals surface area contributed by atoms with E-state index in [4.69, 9.17) is 0 Å². The highest BCUT2D eigenvalue weighted by atomic mass is 32.2. The Morgan fingerprint density at radius 2 is 2.08 bits per heavy atom. The SMILES string of the molecule is CC(C)c1ccn(S(C)(=O)=O)n1. The molecule has 0 radical (unpaired) electrons. The number of hydrogen-bond acceptors (Lipinski definition) is 3. The van der Waals surface area contributed by atoms with Crippen LogP contribution in [-0.4, -0.2) is 23.9 Å². The molecule has 0 aliphatic rings. The molecular formula is C7H12N2O2S. The summed E-state index contributed by atoms with van der Waals surface area (Å²) in [5.41, 5.74) is 0.792. The van der Waals surface area contributed by atoms with E-state index in [0.717, 1.165) is 16.0 Å². The highest BCUT2D eigenvalue weighted by molar-refractivity contribution is 7.89. The summed E-state index contributed by atoms with van der Waals surface area (Å²) >= 11 is 0. The summed E-state index contributed by atoms with van der Waals surface area (Å²) in [5.74, 6) is 0.257. The topological polar surface area (TPSA) is 52.0 Å². The van der Waals surface area contributed by atoms with Gasteiger partial charge >= 0.3 is 0 Å². The predicted molar refractivity (Wildman–Crippen MR) is 46.6 cm³/mol. The molecule has 0 saturated heterocycles. The molecule has 0 atom stereocenters. The van der Waals surface area contributed by atoms with Crippen LogP contribution in [0.1, 0.15) is 25.5 Å². The molecule has 0 aliphatic heterocycles. The molecule has 1 heterocycles. The van der Waals surface area contributed by atoms with E-state index in [9.17, 15) is 8.42 Å². The minimum Gasteiger partial charge on any atom is -0.205 e. The zero-order valence-electron chi connectivity index (χ0n) is 7.35. The molecule has 0 spiro atoms. The molecule has 0 N–H and O–H groups in total. The van der Waals surface area contributed by atoms with Crippen molar-refractivity contribution in [1.29, 1.82) is 0 Å². The van der Waals surface area contributed by atoms with Gasteiger partial charge in [0.05, 0.1) is 11.9 Å². The summed E-state index contributed by atoms with van der Waals surface area (Å²) in [7, 11) is -3.21. The van der Waals surface area contributed by atoms with E-state index in [1.54, 1.807) is 6.07 Å². The highest BCUT2D eigenvalue weighted by Crippen LogP contribution is 2.10. The maximum atomic E-state index is 11.0. The summed E-state index contributed by atoms with van der Waals surface area (Å²) in [6.07, 6.45) is 2.59. The van der Waals surface area contributed by atoms with Crippen molar-refractivity contribution in [1.82, 2.24) is 9.19 Å². The van der Waals surface area contributed by atoms with Crippen LogP contribution in [0, 0.1) is 0 Å². The van der Waals surface area contributed by atoms with Gasteiger partial charge in [0.2, 0.25) is 0 Å². The third-order valence-corrected chi connectivity index (χ3v) is 2.40. The van der Waals surface area contributed by atoms with Crippen LogP contribution in [0.3, 0.4) is 0 Å². The summed E-state index contributed by atoms with van der Waals surface area (Å²) in [6.45, 7) is 3.93. The second kappa shape index (κ2) is 2.90. The van der Waals surface area contributed by atoms with Gasteiger partial charge < -0.3 is 0 Å². The van der Waals surface area contributed by atoms with Crippen LogP contribution in [0.25, 0.3) is 0 Å². The molecule has 0 bridgehead atoms. The van der Waals surface area contributed by atoms with Crippen molar-refractivity contribution in [2.75, 3.05) is 6.26 Å². The van der Waals surface area contributed by atoms with Gasteiger partial charge in [-0.25, -0.2) is 8.42 Å².